The first-order chi connectivity index (χ1) is 15.4. The van der Waals surface area contributed by atoms with Crippen molar-refractivity contribution in [1.82, 2.24) is 4.90 Å². The lowest BCUT2D eigenvalue weighted by Crippen LogP contribution is -2.37. The molecule has 0 bridgehead atoms. The van der Waals surface area contributed by atoms with E-state index in [1.807, 2.05) is 50.2 Å². The van der Waals surface area contributed by atoms with E-state index in [2.05, 4.69) is 17.0 Å². The van der Waals surface area contributed by atoms with Crippen LogP contribution in [-0.4, -0.2) is 23.3 Å². The molecule has 2 aliphatic heterocycles. The molecule has 160 valence electrons. The molecule has 0 spiro atoms. The summed E-state index contributed by atoms with van der Waals surface area (Å²) in [6.07, 6.45) is 0.836. The highest BCUT2D eigenvalue weighted by atomic mass is 35.5. The van der Waals surface area contributed by atoms with E-state index in [4.69, 9.17) is 11.6 Å². The molecule has 2 aliphatic rings. The maximum Gasteiger partial charge on any atom is 0.282 e. The zero-order chi connectivity index (χ0) is 22.4. The third-order valence-electron chi connectivity index (χ3n) is 6.25. The zero-order valence-corrected chi connectivity index (χ0v) is 18.8. The van der Waals surface area contributed by atoms with Gasteiger partial charge in [0.15, 0.2) is 0 Å². The molecule has 5 rings (SSSR count). The fraction of sp³-hybridized carbons (Fsp3) is 0.185. The van der Waals surface area contributed by atoms with Gasteiger partial charge in [0.1, 0.15) is 5.70 Å². The van der Waals surface area contributed by atoms with E-state index in [1.165, 1.54) is 16.0 Å². The van der Waals surface area contributed by atoms with Gasteiger partial charge in [-0.3, -0.25) is 9.59 Å². The summed E-state index contributed by atoms with van der Waals surface area (Å²) >= 11 is 6.13. The van der Waals surface area contributed by atoms with Crippen molar-refractivity contribution in [1.29, 1.82) is 0 Å². The normalized spacial score (nSPS) is 16.1. The van der Waals surface area contributed by atoms with Crippen molar-refractivity contribution in [3.8, 4) is 0 Å². The number of imide groups is 1. The zero-order valence-electron chi connectivity index (χ0n) is 18.1. The molecule has 0 aromatic heterocycles. The number of nitrogens with zero attached hydrogens (tertiary/aromatic N) is 2. The van der Waals surface area contributed by atoms with Gasteiger partial charge in [0, 0.05) is 18.1 Å². The standard InChI is InChI=1S/C27H23ClN2O2/c1-17-7-9-20(10-8-17)24-25(29-14-13-19-5-3-4-6-21(19)16-29)27(32)30(26(24)31)23-12-11-22(28)15-18(23)2/h3-12,15H,13-14,16H2,1-2H3. The molecule has 0 unspecified atom stereocenters. The molecule has 4 nitrogen and oxygen atoms in total. The van der Waals surface area contributed by atoms with Crippen molar-refractivity contribution in [2.24, 2.45) is 0 Å². The summed E-state index contributed by atoms with van der Waals surface area (Å²) in [7, 11) is 0. The second-order valence-corrected chi connectivity index (χ2v) is 8.84. The number of anilines is 1. The van der Waals surface area contributed by atoms with Crippen molar-refractivity contribution in [3.63, 3.8) is 0 Å². The number of carbonyl (C=O) groups is 2. The molecule has 0 N–H and O–H groups in total. The lowest BCUT2D eigenvalue weighted by molar-refractivity contribution is -0.120. The van der Waals surface area contributed by atoms with Crippen molar-refractivity contribution in [2.75, 3.05) is 11.4 Å². The fourth-order valence-corrected chi connectivity index (χ4v) is 4.79. The van der Waals surface area contributed by atoms with E-state index < -0.39 is 0 Å². The third kappa shape index (κ3) is 3.41. The highest BCUT2D eigenvalue weighted by molar-refractivity contribution is 6.45. The Balaban J connectivity index is 1.63. The van der Waals surface area contributed by atoms with Crippen molar-refractivity contribution >= 4 is 34.7 Å². The maximum absolute atomic E-state index is 13.8. The van der Waals surface area contributed by atoms with E-state index >= 15 is 0 Å². The monoisotopic (exact) mass is 442 g/mol. The minimum Gasteiger partial charge on any atom is -0.362 e. The number of fused-ring (bicyclic) bond motifs is 1. The van der Waals surface area contributed by atoms with E-state index in [-0.39, 0.29) is 11.8 Å². The minimum atomic E-state index is -0.293. The van der Waals surface area contributed by atoms with Gasteiger partial charge in [-0.25, -0.2) is 4.90 Å². The average molecular weight is 443 g/mol. The molecule has 32 heavy (non-hydrogen) atoms. The summed E-state index contributed by atoms with van der Waals surface area (Å²) < 4.78 is 0. The summed E-state index contributed by atoms with van der Waals surface area (Å²) in [5, 5.41) is 0.574. The van der Waals surface area contributed by atoms with Gasteiger partial charge in [0.2, 0.25) is 0 Å². The molecule has 3 aromatic rings. The molecule has 2 amide bonds. The molecular weight excluding hydrogens is 420 g/mol. The second-order valence-electron chi connectivity index (χ2n) is 8.41. The van der Waals surface area contributed by atoms with Crippen LogP contribution in [0.3, 0.4) is 0 Å². The van der Waals surface area contributed by atoms with Crippen LogP contribution in [0.25, 0.3) is 5.57 Å². The smallest absolute Gasteiger partial charge is 0.282 e. The first-order valence-electron chi connectivity index (χ1n) is 10.7. The Bertz CT molecular complexity index is 1280. The Hall–Kier alpha value is -3.37. The number of carbonyl (C=O) groups excluding carboxylic acids is 2. The molecule has 0 atom stereocenters. The van der Waals surface area contributed by atoms with Crippen LogP contribution in [0, 0.1) is 13.8 Å². The van der Waals surface area contributed by atoms with Crippen LogP contribution in [-0.2, 0) is 22.6 Å². The molecule has 3 aromatic carbocycles. The minimum absolute atomic E-state index is 0.282. The summed E-state index contributed by atoms with van der Waals surface area (Å²) in [6, 6.07) is 21.3. The molecule has 2 heterocycles. The largest absolute Gasteiger partial charge is 0.362 e. The first kappa shape index (κ1) is 20.5. The number of rotatable bonds is 3. The highest BCUT2D eigenvalue weighted by Crippen LogP contribution is 2.38. The van der Waals surface area contributed by atoms with Gasteiger partial charge in [-0.05, 0) is 60.7 Å². The summed E-state index contributed by atoms with van der Waals surface area (Å²) in [6.45, 7) is 5.16. The molecule has 0 saturated heterocycles. The van der Waals surface area contributed by atoms with Crippen LogP contribution in [0.5, 0.6) is 0 Å². The van der Waals surface area contributed by atoms with Crippen LogP contribution in [0.15, 0.2) is 72.4 Å². The van der Waals surface area contributed by atoms with E-state index in [1.54, 1.807) is 18.2 Å². The van der Waals surface area contributed by atoms with Gasteiger partial charge in [0.05, 0.1) is 11.3 Å². The average Bonchev–Trinajstić information content (AvgIpc) is 3.04. The Morgan fingerprint density at radius 2 is 1.56 bits per heavy atom. The van der Waals surface area contributed by atoms with Crippen LogP contribution < -0.4 is 4.90 Å². The first-order valence-corrected chi connectivity index (χ1v) is 11.1. The fourth-order valence-electron chi connectivity index (χ4n) is 4.57. The van der Waals surface area contributed by atoms with Crippen LogP contribution in [0.4, 0.5) is 5.69 Å². The lowest BCUT2D eigenvalue weighted by Gasteiger charge is -2.31. The van der Waals surface area contributed by atoms with Crippen LogP contribution in [0.1, 0.15) is 27.8 Å². The third-order valence-corrected chi connectivity index (χ3v) is 6.48. The predicted octanol–water partition coefficient (Wildman–Crippen LogP) is 5.30. The van der Waals surface area contributed by atoms with Gasteiger partial charge >= 0.3 is 0 Å². The number of amides is 2. The van der Waals surface area contributed by atoms with E-state index in [0.29, 0.717) is 35.1 Å². The van der Waals surface area contributed by atoms with E-state index in [0.717, 1.165) is 23.1 Å². The Labute approximate surface area is 192 Å². The van der Waals surface area contributed by atoms with Gasteiger partial charge in [-0.1, -0.05) is 65.7 Å². The molecule has 5 heteroatoms. The van der Waals surface area contributed by atoms with Gasteiger partial charge in [-0.15, -0.1) is 0 Å². The molecular formula is C27H23ClN2O2. The lowest BCUT2D eigenvalue weighted by atomic mass is 9.97. The second kappa shape index (κ2) is 7.95. The van der Waals surface area contributed by atoms with Crippen LogP contribution in [0.2, 0.25) is 5.02 Å². The summed E-state index contributed by atoms with van der Waals surface area (Å²) in [4.78, 5) is 30.9. The van der Waals surface area contributed by atoms with Crippen molar-refractivity contribution in [2.45, 2.75) is 26.8 Å². The Morgan fingerprint density at radius 3 is 2.28 bits per heavy atom. The topological polar surface area (TPSA) is 40.6 Å². The molecule has 0 aliphatic carbocycles. The number of hydrogen-bond acceptors (Lipinski definition) is 3. The van der Waals surface area contributed by atoms with Gasteiger partial charge < -0.3 is 4.90 Å². The van der Waals surface area contributed by atoms with Gasteiger partial charge in [0.25, 0.3) is 11.8 Å². The van der Waals surface area contributed by atoms with Crippen molar-refractivity contribution < 1.29 is 9.59 Å². The summed E-state index contributed by atoms with van der Waals surface area (Å²) in [5.74, 6) is -0.575. The van der Waals surface area contributed by atoms with Crippen molar-refractivity contribution in [3.05, 3.63) is 105 Å². The number of hydrogen-bond donors (Lipinski definition) is 0. The Morgan fingerprint density at radius 1 is 0.844 bits per heavy atom. The number of halogens is 1. The predicted molar refractivity (Wildman–Crippen MR) is 127 cm³/mol. The maximum atomic E-state index is 13.8. The SMILES string of the molecule is Cc1ccc(C2=C(N3CCc4ccccc4C3)C(=O)N(c3ccc(Cl)cc3C)C2=O)cc1. The van der Waals surface area contributed by atoms with Gasteiger partial charge in [-0.2, -0.15) is 0 Å². The molecule has 0 saturated carbocycles. The van der Waals surface area contributed by atoms with E-state index in [9.17, 15) is 9.59 Å². The quantitative estimate of drug-likeness (QED) is 0.517. The molecule has 0 fully saturated rings. The number of benzene rings is 3. The number of aryl methyl sites for hydroxylation is 2. The Kier molecular flexibility index (Phi) is 5.10. The van der Waals surface area contributed by atoms with Crippen LogP contribution >= 0.6 is 11.6 Å². The molecule has 0 radical (unpaired) electrons. The highest BCUT2D eigenvalue weighted by Gasteiger charge is 2.43. The summed E-state index contributed by atoms with van der Waals surface area (Å²) in [5.41, 5.74) is 6.64.